The van der Waals surface area contributed by atoms with E-state index >= 15 is 0 Å². The number of fused-ring (bicyclic) bond motifs is 1. The highest BCUT2D eigenvalue weighted by atomic mass is 19.1. The molecule has 3 atom stereocenters. The molecule has 3 heteroatoms. The van der Waals surface area contributed by atoms with E-state index in [0.717, 1.165) is 12.8 Å². The normalized spacial score (nSPS) is 36.2. The summed E-state index contributed by atoms with van der Waals surface area (Å²) in [5.74, 6) is 0.194. The lowest BCUT2D eigenvalue weighted by molar-refractivity contribution is -0.162. The molecule has 2 fully saturated rings. The van der Waals surface area contributed by atoms with Crippen molar-refractivity contribution in [2.24, 2.45) is 5.92 Å². The molecule has 0 radical (unpaired) electrons. The first-order valence-corrected chi connectivity index (χ1v) is 5.59. The first-order chi connectivity index (χ1) is 6.75. The Morgan fingerprint density at radius 3 is 2.71 bits per heavy atom. The molecule has 1 saturated heterocycles. The first kappa shape index (κ1) is 11.5. The van der Waals surface area contributed by atoms with Crippen LogP contribution in [0.1, 0.15) is 46.0 Å². The maximum Gasteiger partial charge on any atom is 0.306 e. The molecular formula is C11H19FO2. The van der Waals surface area contributed by atoms with Crippen molar-refractivity contribution in [3.63, 3.8) is 0 Å². The van der Waals surface area contributed by atoms with Crippen LogP contribution in [0.4, 0.5) is 4.39 Å². The van der Waals surface area contributed by atoms with E-state index in [9.17, 15) is 9.18 Å². The molecule has 2 aliphatic rings. The van der Waals surface area contributed by atoms with Crippen molar-refractivity contribution < 1.29 is 13.9 Å². The molecule has 0 aromatic rings. The largest absolute Gasteiger partial charge is 0.462 e. The highest BCUT2D eigenvalue weighted by molar-refractivity contribution is 5.70. The van der Waals surface area contributed by atoms with Gasteiger partial charge in [-0.15, -0.1) is 0 Å². The molecule has 0 aromatic heterocycles. The van der Waals surface area contributed by atoms with Crippen LogP contribution in [0, 0.1) is 5.92 Å². The summed E-state index contributed by atoms with van der Waals surface area (Å²) in [4.78, 5) is 10.9. The van der Waals surface area contributed by atoms with Crippen molar-refractivity contribution in [3.05, 3.63) is 0 Å². The van der Waals surface area contributed by atoms with Crippen LogP contribution in [0.3, 0.4) is 0 Å². The zero-order valence-corrected chi connectivity index (χ0v) is 8.96. The molecule has 0 bridgehead atoms. The third kappa shape index (κ3) is 2.69. The fourth-order valence-corrected chi connectivity index (χ4v) is 2.17. The maximum atomic E-state index is 12.9. The molecule has 1 aliphatic carbocycles. The Morgan fingerprint density at radius 1 is 1.29 bits per heavy atom. The van der Waals surface area contributed by atoms with Gasteiger partial charge >= 0.3 is 5.97 Å². The number of halogens is 1. The zero-order chi connectivity index (χ0) is 10.6. The molecule has 1 heterocycles. The Morgan fingerprint density at radius 2 is 2.00 bits per heavy atom. The SMILES string of the molecule is CC.O=C1CCC2CC(F)CCC2O1. The number of rotatable bonds is 0. The third-order valence-corrected chi connectivity index (χ3v) is 2.85. The predicted octanol–water partition coefficient (Wildman–Crippen LogP) is 2.86. The summed E-state index contributed by atoms with van der Waals surface area (Å²) < 4.78 is 18.0. The molecule has 1 saturated carbocycles. The minimum atomic E-state index is -0.664. The highest BCUT2D eigenvalue weighted by Crippen LogP contribution is 2.35. The van der Waals surface area contributed by atoms with Gasteiger partial charge in [0.15, 0.2) is 0 Å². The fraction of sp³-hybridized carbons (Fsp3) is 0.909. The Bertz CT molecular complexity index is 194. The second kappa shape index (κ2) is 5.32. The Labute approximate surface area is 84.8 Å². The van der Waals surface area contributed by atoms with E-state index in [1.165, 1.54) is 0 Å². The van der Waals surface area contributed by atoms with Crippen LogP contribution in [0.25, 0.3) is 0 Å². The smallest absolute Gasteiger partial charge is 0.306 e. The van der Waals surface area contributed by atoms with Gasteiger partial charge in [-0.1, -0.05) is 13.8 Å². The van der Waals surface area contributed by atoms with Gasteiger partial charge in [0.1, 0.15) is 12.3 Å². The molecule has 2 rings (SSSR count). The van der Waals surface area contributed by atoms with Crippen molar-refractivity contribution >= 4 is 5.97 Å². The molecule has 82 valence electrons. The van der Waals surface area contributed by atoms with Gasteiger partial charge in [-0.2, -0.15) is 0 Å². The number of carbonyl (C=O) groups excluding carboxylic acids is 1. The molecular weight excluding hydrogens is 183 g/mol. The average Bonchev–Trinajstić information content (AvgIpc) is 2.21. The summed E-state index contributed by atoms with van der Waals surface area (Å²) in [7, 11) is 0. The molecule has 3 unspecified atom stereocenters. The predicted molar refractivity (Wildman–Crippen MR) is 52.7 cm³/mol. The second-order valence-electron chi connectivity index (χ2n) is 3.74. The van der Waals surface area contributed by atoms with E-state index in [2.05, 4.69) is 0 Å². The lowest BCUT2D eigenvalue weighted by atomic mass is 9.81. The van der Waals surface area contributed by atoms with Crippen LogP contribution in [0.15, 0.2) is 0 Å². The van der Waals surface area contributed by atoms with Crippen molar-refractivity contribution in [2.75, 3.05) is 0 Å². The Hall–Kier alpha value is -0.600. The number of alkyl halides is 1. The van der Waals surface area contributed by atoms with Crippen molar-refractivity contribution in [1.29, 1.82) is 0 Å². The second-order valence-corrected chi connectivity index (χ2v) is 3.74. The molecule has 0 amide bonds. The van der Waals surface area contributed by atoms with E-state index in [1.807, 2.05) is 13.8 Å². The van der Waals surface area contributed by atoms with Crippen molar-refractivity contribution in [2.45, 2.75) is 58.2 Å². The number of esters is 1. The van der Waals surface area contributed by atoms with E-state index in [-0.39, 0.29) is 12.1 Å². The van der Waals surface area contributed by atoms with Gasteiger partial charge in [-0.3, -0.25) is 4.79 Å². The summed E-state index contributed by atoms with van der Waals surface area (Å²) in [6.07, 6.45) is 2.54. The zero-order valence-electron chi connectivity index (χ0n) is 8.96. The number of carbonyl (C=O) groups is 1. The average molecular weight is 202 g/mol. The summed E-state index contributed by atoms with van der Waals surface area (Å²) in [5.41, 5.74) is 0. The fourth-order valence-electron chi connectivity index (χ4n) is 2.17. The van der Waals surface area contributed by atoms with Crippen LogP contribution in [0.2, 0.25) is 0 Å². The topological polar surface area (TPSA) is 26.3 Å². The lowest BCUT2D eigenvalue weighted by Crippen LogP contribution is -2.37. The minimum Gasteiger partial charge on any atom is -0.462 e. The maximum absolute atomic E-state index is 12.9. The first-order valence-electron chi connectivity index (χ1n) is 5.59. The quantitative estimate of drug-likeness (QED) is 0.564. The van der Waals surface area contributed by atoms with Gasteiger partial charge in [0.05, 0.1) is 0 Å². The standard InChI is InChI=1S/C9H13FO2.C2H6/c10-7-2-3-8-6(5-7)1-4-9(11)12-8;1-2/h6-8H,1-5H2;1-2H3. The summed E-state index contributed by atoms with van der Waals surface area (Å²) in [6, 6.07) is 0. The van der Waals surface area contributed by atoms with Gasteiger partial charge in [0.25, 0.3) is 0 Å². The molecule has 0 N–H and O–H groups in total. The van der Waals surface area contributed by atoms with Crippen molar-refractivity contribution in [1.82, 2.24) is 0 Å². The van der Waals surface area contributed by atoms with E-state index < -0.39 is 6.17 Å². The summed E-state index contributed by atoms with van der Waals surface area (Å²) in [6.45, 7) is 4.00. The Kier molecular flexibility index (Phi) is 4.36. The van der Waals surface area contributed by atoms with Crippen LogP contribution >= 0.6 is 0 Å². The minimum absolute atomic E-state index is 0.0262. The third-order valence-electron chi connectivity index (χ3n) is 2.85. The van der Waals surface area contributed by atoms with Gasteiger partial charge in [0, 0.05) is 6.42 Å². The van der Waals surface area contributed by atoms with Gasteiger partial charge in [-0.25, -0.2) is 4.39 Å². The highest BCUT2D eigenvalue weighted by Gasteiger charge is 2.36. The van der Waals surface area contributed by atoms with Crippen LogP contribution < -0.4 is 0 Å². The van der Waals surface area contributed by atoms with Crippen LogP contribution in [0.5, 0.6) is 0 Å². The summed E-state index contributed by atoms with van der Waals surface area (Å²) in [5, 5.41) is 0. The molecule has 2 nitrogen and oxygen atoms in total. The van der Waals surface area contributed by atoms with E-state index in [1.54, 1.807) is 0 Å². The van der Waals surface area contributed by atoms with Crippen LogP contribution in [-0.2, 0) is 9.53 Å². The van der Waals surface area contributed by atoms with Crippen molar-refractivity contribution in [3.8, 4) is 0 Å². The van der Waals surface area contributed by atoms with Gasteiger partial charge in [0.2, 0.25) is 0 Å². The number of hydrogen-bond acceptors (Lipinski definition) is 2. The lowest BCUT2D eigenvalue weighted by Gasteiger charge is -2.35. The molecule has 14 heavy (non-hydrogen) atoms. The van der Waals surface area contributed by atoms with Crippen LogP contribution in [-0.4, -0.2) is 18.2 Å². The molecule has 0 aromatic carbocycles. The number of ether oxygens (including phenoxy) is 1. The molecule has 0 spiro atoms. The number of hydrogen-bond donors (Lipinski definition) is 0. The van der Waals surface area contributed by atoms with Gasteiger partial charge < -0.3 is 4.74 Å². The summed E-state index contributed by atoms with van der Waals surface area (Å²) >= 11 is 0. The molecule has 1 aliphatic heterocycles. The van der Waals surface area contributed by atoms with E-state index in [0.29, 0.717) is 25.2 Å². The monoisotopic (exact) mass is 202 g/mol. The van der Waals surface area contributed by atoms with E-state index in [4.69, 9.17) is 4.74 Å². The Balaban J connectivity index is 0.000000461. The van der Waals surface area contributed by atoms with Gasteiger partial charge in [-0.05, 0) is 31.6 Å².